The second-order valence-electron chi connectivity index (χ2n) is 7.82. The summed E-state index contributed by atoms with van der Waals surface area (Å²) in [5.74, 6) is -1.69. The smallest absolute Gasteiger partial charge is 0.338 e. The number of hydrogen-bond donors (Lipinski definition) is 0. The highest BCUT2D eigenvalue weighted by molar-refractivity contribution is 5.91. The molecular formula is C27H24O7. The van der Waals surface area contributed by atoms with Gasteiger partial charge >= 0.3 is 17.9 Å². The summed E-state index contributed by atoms with van der Waals surface area (Å²) in [6.45, 7) is 1.54. The first-order valence-corrected chi connectivity index (χ1v) is 10.9. The Morgan fingerprint density at radius 1 is 0.647 bits per heavy atom. The minimum Gasteiger partial charge on any atom is -0.459 e. The Morgan fingerprint density at radius 2 is 1.06 bits per heavy atom. The molecule has 0 aliphatic carbocycles. The monoisotopic (exact) mass is 460 g/mol. The number of benzene rings is 3. The molecule has 0 spiro atoms. The molecule has 3 aromatic carbocycles. The Hall–Kier alpha value is -3.97. The molecule has 0 aromatic heterocycles. The van der Waals surface area contributed by atoms with Crippen molar-refractivity contribution in [3.05, 3.63) is 108 Å². The van der Waals surface area contributed by atoms with E-state index >= 15 is 0 Å². The molecule has 3 aromatic rings. The molecule has 4 atom stereocenters. The van der Waals surface area contributed by atoms with Crippen LogP contribution in [-0.4, -0.2) is 48.9 Å². The molecule has 1 aliphatic rings. The first-order valence-electron chi connectivity index (χ1n) is 10.9. The zero-order valence-corrected chi connectivity index (χ0v) is 18.5. The van der Waals surface area contributed by atoms with Crippen molar-refractivity contribution in [3.8, 4) is 0 Å². The number of ether oxygens (including phenoxy) is 4. The van der Waals surface area contributed by atoms with Crippen LogP contribution in [0.1, 0.15) is 38.0 Å². The molecule has 1 heterocycles. The number of rotatable bonds is 7. The second-order valence-corrected chi connectivity index (χ2v) is 7.82. The number of carbonyl (C=O) groups is 3. The molecule has 174 valence electrons. The lowest BCUT2D eigenvalue weighted by Gasteiger charge is -2.24. The van der Waals surface area contributed by atoms with Gasteiger partial charge in [-0.05, 0) is 43.3 Å². The van der Waals surface area contributed by atoms with Gasteiger partial charge in [-0.1, -0.05) is 54.6 Å². The van der Waals surface area contributed by atoms with Gasteiger partial charge in [0.05, 0.1) is 22.8 Å². The molecule has 7 heteroatoms. The molecule has 0 saturated carbocycles. The Kier molecular flexibility index (Phi) is 7.34. The van der Waals surface area contributed by atoms with Gasteiger partial charge in [-0.25, -0.2) is 14.4 Å². The lowest BCUT2D eigenvalue weighted by Crippen LogP contribution is -2.41. The van der Waals surface area contributed by atoms with E-state index in [1.165, 1.54) is 0 Å². The first-order chi connectivity index (χ1) is 16.5. The van der Waals surface area contributed by atoms with Crippen LogP contribution >= 0.6 is 0 Å². The number of hydrogen-bond acceptors (Lipinski definition) is 7. The molecule has 1 aliphatic heterocycles. The minimum atomic E-state index is -0.973. The van der Waals surface area contributed by atoms with Gasteiger partial charge < -0.3 is 18.9 Å². The summed E-state index contributed by atoms with van der Waals surface area (Å²) < 4.78 is 22.8. The van der Waals surface area contributed by atoms with Crippen molar-refractivity contribution in [2.24, 2.45) is 0 Å². The largest absolute Gasteiger partial charge is 0.459 e. The predicted molar refractivity (Wildman–Crippen MR) is 122 cm³/mol. The van der Waals surface area contributed by atoms with Crippen LogP contribution in [0.25, 0.3) is 0 Å². The van der Waals surface area contributed by atoms with E-state index in [1.807, 2.05) is 0 Å². The third-order valence-corrected chi connectivity index (χ3v) is 5.44. The maximum absolute atomic E-state index is 12.8. The van der Waals surface area contributed by atoms with E-state index in [4.69, 9.17) is 18.9 Å². The van der Waals surface area contributed by atoms with Gasteiger partial charge in [-0.2, -0.15) is 0 Å². The Labute approximate surface area is 197 Å². The third-order valence-electron chi connectivity index (χ3n) is 5.44. The van der Waals surface area contributed by atoms with Gasteiger partial charge in [0, 0.05) is 0 Å². The zero-order valence-electron chi connectivity index (χ0n) is 18.5. The average molecular weight is 460 g/mol. The van der Waals surface area contributed by atoms with E-state index in [9.17, 15) is 14.4 Å². The summed E-state index contributed by atoms with van der Waals surface area (Å²) in [6, 6.07) is 25.5. The van der Waals surface area contributed by atoms with E-state index in [-0.39, 0.29) is 6.61 Å². The summed E-state index contributed by atoms with van der Waals surface area (Å²) in [5, 5.41) is 0. The van der Waals surface area contributed by atoms with E-state index in [1.54, 1.807) is 97.9 Å². The Bertz CT molecular complexity index is 1120. The van der Waals surface area contributed by atoms with E-state index < -0.39 is 42.3 Å². The van der Waals surface area contributed by atoms with E-state index in [0.717, 1.165) is 0 Å². The molecule has 0 unspecified atom stereocenters. The van der Waals surface area contributed by atoms with E-state index in [0.29, 0.717) is 16.7 Å². The van der Waals surface area contributed by atoms with Crippen molar-refractivity contribution in [1.82, 2.24) is 0 Å². The lowest BCUT2D eigenvalue weighted by atomic mass is 10.1. The number of esters is 3. The lowest BCUT2D eigenvalue weighted by molar-refractivity contribution is -0.0442. The Balaban J connectivity index is 1.51. The summed E-state index contributed by atoms with van der Waals surface area (Å²) in [5.41, 5.74) is 1.09. The third kappa shape index (κ3) is 5.50. The van der Waals surface area contributed by atoms with Gasteiger partial charge in [0.2, 0.25) is 0 Å². The fourth-order valence-corrected chi connectivity index (χ4v) is 3.70. The number of carbonyl (C=O) groups excluding carboxylic acids is 3. The van der Waals surface area contributed by atoms with Crippen molar-refractivity contribution in [3.63, 3.8) is 0 Å². The SMILES string of the molecule is C[C@H]1O[C@@H](COC(=O)c2ccccc2)[C@H](OC(=O)c2ccccc2)[C@@H]1OC(=O)c1ccccc1. The average Bonchev–Trinajstić information content (AvgIpc) is 3.17. The van der Waals surface area contributed by atoms with Gasteiger partial charge in [0.25, 0.3) is 0 Å². The first kappa shape index (κ1) is 23.2. The molecule has 1 fully saturated rings. The molecule has 0 radical (unpaired) electrons. The molecule has 4 rings (SSSR count). The standard InChI is InChI=1S/C27H24O7/c1-18-23(33-26(29)20-13-7-3-8-14-20)24(34-27(30)21-15-9-4-10-16-21)22(32-18)17-31-25(28)19-11-5-2-6-12-19/h2-16,18,22-24H,17H2,1H3/t18-,22+,23-,24+/m1/s1. The maximum Gasteiger partial charge on any atom is 0.338 e. The van der Waals surface area contributed by atoms with Crippen LogP contribution in [0.15, 0.2) is 91.0 Å². The molecule has 7 nitrogen and oxygen atoms in total. The fourth-order valence-electron chi connectivity index (χ4n) is 3.70. The summed E-state index contributed by atoms with van der Waals surface area (Å²) >= 11 is 0. The van der Waals surface area contributed by atoms with Crippen molar-refractivity contribution in [1.29, 1.82) is 0 Å². The van der Waals surface area contributed by atoms with Crippen molar-refractivity contribution in [2.45, 2.75) is 31.3 Å². The van der Waals surface area contributed by atoms with Crippen LogP contribution in [0.5, 0.6) is 0 Å². The van der Waals surface area contributed by atoms with Gasteiger partial charge in [0.15, 0.2) is 12.2 Å². The van der Waals surface area contributed by atoms with Crippen LogP contribution in [0.3, 0.4) is 0 Å². The zero-order chi connectivity index (χ0) is 23.9. The van der Waals surface area contributed by atoms with Crippen LogP contribution in [0, 0.1) is 0 Å². The maximum atomic E-state index is 12.8. The van der Waals surface area contributed by atoms with Crippen LogP contribution < -0.4 is 0 Å². The highest BCUT2D eigenvalue weighted by Crippen LogP contribution is 2.29. The van der Waals surface area contributed by atoms with Crippen LogP contribution in [-0.2, 0) is 18.9 Å². The van der Waals surface area contributed by atoms with Crippen molar-refractivity contribution < 1.29 is 33.3 Å². The quantitative estimate of drug-likeness (QED) is 0.388. The molecule has 0 N–H and O–H groups in total. The molecular weight excluding hydrogens is 436 g/mol. The molecule has 34 heavy (non-hydrogen) atoms. The summed E-state index contributed by atoms with van der Waals surface area (Å²) in [7, 11) is 0. The molecule has 1 saturated heterocycles. The fraction of sp³-hybridized carbons (Fsp3) is 0.222. The van der Waals surface area contributed by atoms with Gasteiger partial charge in [-0.15, -0.1) is 0 Å². The highest BCUT2D eigenvalue weighted by atomic mass is 16.6. The normalized spacial score (nSPS) is 21.4. The van der Waals surface area contributed by atoms with Gasteiger partial charge in [-0.3, -0.25) is 0 Å². The Morgan fingerprint density at radius 3 is 1.53 bits per heavy atom. The highest BCUT2D eigenvalue weighted by Gasteiger charge is 2.48. The summed E-state index contributed by atoms with van der Waals surface area (Å²) in [6.07, 6.45) is -3.27. The molecule has 0 bridgehead atoms. The van der Waals surface area contributed by atoms with Crippen molar-refractivity contribution >= 4 is 17.9 Å². The summed E-state index contributed by atoms with van der Waals surface area (Å²) in [4.78, 5) is 37.9. The van der Waals surface area contributed by atoms with E-state index in [2.05, 4.69) is 0 Å². The molecule has 0 amide bonds. The van der Waals surface area contributed by atoms with Crippen LogP contribution in [0.2, 0.25) is 0 Å². The van der Waals surface area contributed by atoms with Gasteiger partial charge in [0.1, 0.15) is 12.7 Å². The van der Waals surface area contributed by atoms with Crippen molar-refractivity contribution in [2.75, 3.05) is 6.61 Å². The second kappa shape index (κ2) is 10.8. The topological polar surface area (TPSA) is 88.1 Å². The van der Waals surface area contributed by atoms with Crippen LogP contribution in [0.4, 0.5) is 0 Å². The minimum absolute atomic E-state index is 0.176. The predicted octanol–water partition coefficient (Wildman–Crippen LogP) is 4.08.